The van der Waals surface area contributed by atoms with Crippen molar-refractivity contribution in [1.82, 2.24) is 4.58 Å². The maximum atomic E-state index is 13.8. The summed E-state index contributed by atoms with van der Waals surface area (Å²) in [7, 11) is 3.84. The van der Waals surface area contributed by atoms with Crippen LogP contribution in [0.15, 0.2) is 108 Å². The summed E-state index contributed by atoms with van der Waals surface area (Å²) in [6, 6.07) is 31.1. The summed E-state index contributed by atoms with van der Waals surface area (Å²) in [6.45, 7) is 4.77. The van der Waals surface area contributed by atoms with Gasteiger partial charge in [0.15, 0.2) is 19.0 Å². The number of carbonyl (C=O) groups excluding carboxylic acids is 4. The van der Waals surface area contributed by atoms with Crippen LogP contribution < -0.4 is 39.4 Å². The summed E-state index contributed by atoms with van der Waals surface area (Å²) in [5, 5.41) is 14.9. The molecule has 4 aromatic carbocycles. The number of benzene rings is 5. The van der Waals surface area contributed by atoms with Gasteiger partial charge in [-0.3, -0.25) is 19.2 Å². The van der Waals surface area contributed by atoms with Crippen molar-refractivity contribution in [3.63, 3.8) is 0 Å². The number of rotatable bonds is 19. The normalized spacial score (nSPS) is 14.0. The van der Waals surface area contributed by atoms with Crippen LogP contribution in [0.2, 0.25) is 0 Å². The van der Waals surface area contributed by atoms with Crippen LogP contribution in [-0.4, -0.2) is 122 Å². The van der Waals surface area contributed by atoms with Crippen LogP contribution in [-0.2, 0) is 33.4 Å². The molecule has 0 bridgehead atoms. The highest BCUT2D eigenvalue weighted by Crippen LogP contribution is 2.42. The Bertz CT molecular complexity index is 2920. The Labute approximate surface area is 398 Å². The molecule has 4 aromatic rings. The van der Waals surface area contributed by atoms with Crippen molar-refractivity contribution in [1.29, 1.82) is 0 Å². The van der Waals surface area contributed by atoms with Crippen LogP contribution >= 0.6 is 0 Å². The van der Waals surface area contributed by atoms with Gasteiger partial charge in [-0.05, 0) is 67.4 Å². The van der Waals surface area contributed by atoms with Crippen molar-refractivity contribution in [3.05, 3.63) is 114 Å². The molecule has 8 rings (SSSR count). The Balaban J connectivity index is 1.01. The fraction of sp³-hybridized carbons (Fsp3) is 0.308. The number of hydrogen-bond acceptors (Lipinski definition) is 14. The highest BCUT2D eigenvalue weighted by Gasteiger charge is 2.38. The maximum absolute atomic E-state index is 13.8. The van der Waals surface area contributed by atoms with Gasteiger partial charge in [-0.15, -0.1) is 0 Å². The van der Waals surface area contributed by atoms with Crippen LogP contribution in [0.4, 0.5) is 22.7 Å². The molecule has 3 heterocycles. The molecule has 4 aliphatic rings. The molecule has 0 saturated carbocycles. The SMILES string of the molecule is CCN(CC(=O)OC)c1ccc(NC(=O)C2C[N+](=c3ccc4c(-c5ccccc5C(=O)O)c5ccc(N6CCC6)cc5oc-4c3)C2)cc1OCCOc1ccccc1N(CC(=O)OC)CC(=O)OC. The smallest absolute Gasteiger partial charge is 0.336 e. The van der Waals surface area contributed by atoms with Gasteiger partial charge in [0.25, 0.3) is 0 Å². The molecule has 0 radical (unpaired) electrons. The Morgan fingerprint density at radius 2 is 1.38 bits per heavy atom. The molecule has 0 spiro atoms. The molecule has 1 amide bonds. The molecule has 2 fully saturated rings. The average Bonchev–Trinajstić information content (AvgIpc) is 3.32. The summed E-state index contributed by atoms with van der Waals surface area (Å²) in [5.74, 6) is -1.71. The van der Waals surface area contributed by atoms with E-state index in [9.17, 15) is 29.1 Å². The first-order valence-corrected chi connectivity index (χ1v) is 22.6. The zero-order valence-electron chi connectivity index (χ0n) is 38.9. The van der Waals surface area contributed by atoms with E-state index in [1.54, 1.807) is 59.5 Å². The molecule has 1 aliphatic carbocycles. The molecule has 17 heteroatoms. The quantitative estimate of drug-likeness (QED) is 0.0328. The van der Waals surface area contributed by atoms with Crippen LogP contribution in [0.1, 0.15) is 23.7 Å². The first kappa shape index (κ1) is 47.4. The van der Waals surface area contributed by atoms with Crippen molar-refractivity contribution in [3.8, 4) is 33.9 Å². The second-order valence-electron chi connectivity index (χ2n) is 16.6. The highest BCUT2D eigenvalue weighted by atomic mass is 16.5. The minimum atomic E-state index is -1.02. The van der Waals surface area contributed by atoms with Crippen molar-refractivity contribution in [2.75, 3.05) is 107 Å². The minimum absolute atomic E-state index is 0.0398. The summed E-state index contributed by atoms with van der Waals surface area (Å²) in [5.41, 5.74) is 5.60. The Morgan fingerprint density at radius 3 is 2.04 bits per heavy atom. The van der Waals surface area contributed by atoms with E-state index in [0.717, 1.165) is 47.1 Å². The predicted molar refractivity (Wildman–Crippen MR) is 259 cm³/mol. The fourth-order valence-electron chi connectivity index (χ4n) is 8.48. The molecule has 358 valence electrons. The van der Waals surface area contributed by atoms with Gasteiger partial charge < -0.3 is 53.2 Å². The Hall–Kier alpha value is -8.08. The average molecular weight is 941 g/mol. The third-order valence-corrected chi connectivity index (χ3v) is 12.4. The molecule has 2 N–H and O–H groups in total. The van der Waals surface area contributed by atoms with E-state index in [1.807, 2.05) is 49.4 Å². The monoisotopic (exact) mass is 940 g/mol. The number of esters is 3. The number of carboxylic acids is 1. The Kier molecular flexibility index (Phi) is 14.6. The molecule has 0 aromatic heterocycles. The number of aromatic carboxylic acids is 1. The number of carbonyl (C=O) groups is 5. The summed E-state index contributed by atoms with van der Waals surface area (Å²) in [6.07, 6.45) is 1.12. The molecule has 69 heavy (non-hydrogen) atoms. The number of para-hydroxylation sites is 2. The van der Waals surface area contributed by atoms with Gasteiger partial charge in [0.05, 0.1) is 44.3 Å². The lowest BCUT2D eigenvalue weighted by atomic mass is 9.90. The molecular weight excluding hydrogens is 887 g/mol. The van der Waals surface area contributed by atoms with E-state index in [-0.39, 0.29) is 50.2 Å². The number of ether oxygens (including phenoxy) is 5. The first-order valence-electron chi connectivity index (χ1n) is 22.6. The minimum Gasteiger partial charge on any atom is -0.488 e. The summed E-state index contributed by atoms with van der Waals surface area (Å²) in [4.78, 5) is 68.6. The van der Waals surface area contributed by atoms with Gasteiger partial charge in [-0.2, -0.15) is 0 Å². The fourth-order valence-corrected chi connectivity index (χ4v) is 8.48. The van der Waals surface area contributed by atoms with Gasteiger partial charge in [-0.25, -0.2) is 9.37 Å². The lowest BCUT2D eigenvalue weighted by Gasteiger charge is -2.33. The maximum Gasteiger partial charge on any atom is 0.336 e. The van der Waals surface area contributed by atoms with Crippen LogP contribution in [0.25, 0.3) is 33.4 Å². The van der Waals surface area contributed by atoms with Crippen molar-refractivity contribution < 1.29 is 57.2 Å². The van der Waals surface area contributed by atoms with Gasteiger partial charge >= 0.3 is 23.9 Å². The van der Waals surface area contributed by atoms with E-state index in [4.69, 9.17) is 28.1 Å². The standard InChI is InChI=1S/C52H53N5O12/c1-5-54(30-47(58)64-2)42-20-15-34(25-46(42)68-24-23-67-43-14-9-8-13-41(43)57(31-48(59)65-3)32-49(60)66-4)53-51(61)33-28-56(29-33)36-17-19-40-45(27-36)69-44-26-35(55-21-10-22-55)16-18-39(44)50(40)37-11-6-7-12-38(37)52(62)63/h6-9,11-20,25-27,33H,5,10,21-24,28-32H2,1-4H3,(H-,53,61,62,63)/p+1. The number of nitrogens with zero attached hydrogens (tertiary/aromatic N) is 4. The number of hydrogen-bond donors (Lipinski definition) is 2. The number of nitrogens with one attached hydrogen (secondary N) is 1. The Morgan fingerprint density at radius 1 is 0.725 bits per heavy atom. The van der Waals surface area contributed by atoms with E-state index in [1.165, 1.54) is 26.2 Å². The van der Waals surface area contributed by atoms with Gasteiger partial charge in [0.1, 0.15) is 55.7 Å². The number of anilines is 4. The van der Waals surface area contributed by atoms with Gasteiger partial charge in [0, 0.05) is 65.7 Å². The van der Waals surface area contributed by atoms with Crippen molar-refractivity contribution >= 4 is 63.5 Å². The third-order valence-electron chi connectivity index (χ3n) is 12.4. The third kappa shape index (κ3) is 10.6. The molecule has 2 saturated heterocycles. The zero-order valence-corrected chi connectivity index (χ0v) is 38.9. The topological polar surface area (TPSA) is 190 Å². The lowest BCUT2D eigenvalue weighted by Crippen LogP contribution is -2.53. The van der Waals surface area contributed by atoms with E-state index in [2.05, 4.69) is 20.9 Å². The molecule has 3 aliphatic heterocycles. The van der Waals surface area contributed by atoms with Crippen LogP contribution in [0.3, 0.4) is 0 Å². The molecule has 0 unspecified atom stereocenters. The van der Waals surface area contributed by atoms with Crippen LogP contribution in [0.5, 0.6) is 11.5 Å². The largest absolute Gasteiger partial charge is 0.488 e. The summed E-state index contributed by atoms with van der Waals surface area (Å²) < 4.78 is 35.7. The van der Waals surface area contributed by atoms with E-state index in [0.29, 0.717) is 65.1 Å². The molecule has 17 nitrogen and oxygen atoms in total. The predicted octanol–water partition coefficient (Wildman–Crippen LogP) is 5.76. The summed E-state index contributed by atoms with van der Waals surface area (Å²) >= 11 is 0. The number of methoxy groups -OCH3 is 3. The number of amides is 1. The number of fused-ring (bicyclic) bond motifs is 2. The number of carboxylic acid groups (broad SMARTS) is 1. The van der Waals surface area contributed by atoms with Gasteiger partial charge in [0.2, 0.25) is 11.3 Å². The molecule has 0 atom stereocenters. The highest BCUT2D eigenvalue weighted by molar-refractivity contribution is 6.08. The number of likely N-dealkylation sites (N-methyl/N-ethyl adjacent to an activating group) is 1. The molecular formula is C52H54N5O12+. The van der Waals surface area contributed by atoms with Crippen molar-refractivity contribution in [2.45, 2.75) is 13.3 Å². The van der Waals surface area contributed by atoms with E-state index >= 15 is 0 Å². The first-order chi connectivity index (χ1) is 33.5. The second kappa shape index (κ2) is 21.3. The lowest BCUT2D eigenvalue weighted by molar-refractivity contribution is -0.140. The zero-order chi connectivity index (χ0) is 48.6. The second-order valence-corrected chi connectivity index (χ2v) is 16.6. The van der Waals surface area contributed by atoms with Crippen LogP contribution in [0, 0.1) is 5.92 Å². The van der Waals surface area contributed by atoms with E-state index < -0.39 is 23.9 Å². The van der Waals surface area contributed by atoms with Gasteiger partial charge in [-0.1, -0.05) is 30.3 Å². The van der Waals surface area contributed by atoms with Crippen molar-refractivity contribution in [2.24, 2.45) is 5.92 Å².